The zero-order chi connectivity index (χ0) is 13.5. The normalized spacial score (nSPS) is 16.5. The molecule has 1 amide bonds. The van der Waals surface area contributed by atoms with Gasteiger partial charge in [-0.05, 0) is 13.0 Å². The van der Waals surface area contributed by atoms with Crippen LogP contribution in [0.3, 0.4) is 0 Å². The number of aromatic nitrogens is 2. The molecule has 0 aromatic carbocycles. The number of hydrogen-bond acceptors (Lipinski definition) is 4. The monoisotopic (exact) mass is 266 g/mol. The van der Waals surface area contributed by atoms with Crippen molar-refractivity contribution in [3.8, 4) is 0 Å². The summed E-state index contributed by atoms with van der Waals surface area (Å²) >= 11 is 0. The van der Waals surface area contributed by atoms with E-state index in [1.54, 1.807) is 4.68 Å². The Morgan fingerprint density at radius 2 is 2.21 bits per heavy atom. The molecule has 1 N–H and O–H groups in total. The van der Waals surface area contributed by atoms with Gasteiger partial charge in [-0.3, -0.25) is 14.4 Å². The molecular formula is C13H22N4O2. The molecule has 2 heterocycles. The minimum atomic E-state index is 0.0846. The summed E-state index contributed by atoms with van der Waals surface area (Å²) < 4.78 is 7.08. The number of nitrogens with zero attached hydrogens (tertiary/aromatic N) is 3. The molecule has 1 saturated heterocycles. The molecule has 0 spiro atoms. The number of ether oxygens (including phenoxy) is 1. The Balaban J connectivity index is 1.56. The number of rotatable bonds is 6. The molecule has 1 aromatic heterocycles. The van der Waals surface area contributed by atoms with E-state index in [-0.39, 0.29) is 5.91 Å². The number of nitrogens with one attached hydrogen (secondary N) is 1. The van der Waals surface area contributed by atoms with Crippen molar-refractivity contribution in [3.63, 3.8) is 0 Å². The number of carbonyl (C=O) groups is 1. The van der Waals surface area contributed by atoms with Crippen molar-refractivity contribution in [2.24, 2.45) is 0 Å². The van der Waals surface area contributed by atoms with Crippen molar-refractivity contribution in [2.75, 3.05) is 39.4 Å². The van der Waals surface area contributed by atoms with E-state index in [9.17, 15) is 4.79 Å². The van der Waals surface area contributed by atoms with Gasteiger partial charge in [-0.2, -0.15) is 5.10 Å². The first-order chi connectivity index (χ1) is 9.24. The molecule has 1 aliphatic heterocycles. The molecule has 0 unspecified atom stereocenters. The molecule has 2 rings (SSSR count). The van der Waals surface area contributed by atoms with Crippen LogP contribution in [0, 0.1) is 6.92 Å². The first kappa shape index (κ1) is 14.0. The van der Waals surface area contributed by atoms with Crippen LogP contribution in [0.1, 0.15) is 12.1 Å². The molecule has 1 fully saturated rings. The Morgan fingerprint density at radius 3 is 2.89 bits per heavy atom. The van der Waals surface area contributed by atoms with E-state index in [2.05, 4.69) is 15.3 Å². The largest absolute Gasteiger partial charge is 0.379 e. The van der Waals surface area contributed by atoms with Crippen LogP contribution in [0.4, 0.5) is 0 Å². The summed E-state index contributed by atoms with van der Waals surface area (Å²) in [6.45, 7) is 7.70. The van der Waals surface area contributed by atoms with Crippen LogP contribution in [0.5, 0.6) is 0 Å². The first-order valence-corrected chi connectivity index (χ1v) is 6.81. The van der Waals surface area contributed by atoms with Gasteiger partial charge in [-0.25, -0.2) is 0 Å². The van der Waals surface area contributed by atoms with Crippen LogP contribution in [0.15, 0.2) is 12.3 Å². The average Bonchev–Trinajstić information content (AvgIpc) is 2.83. The molecule has 6 nitrogen and oxygen atoms in total. The lowest BCUT2D eigenvalue weighted by Gasteiger charge is -2.26. The van der Waals surface area contributed by atoms with Gasteiger partial charge in [0.05, 0.1) is 18.9 Å². The molecule has 6 heteroatoms. The summed E-state index contributed by atoms with van der Waals surface area (Å²) in [7, 11) is 0. The fraction of sp³-hybridized carbons (Fsp3) is 0.692. The predicted octanol–water partition coefficient (Wildman–Crippen LogP) is 0.0300. The van der Waals surface area contributed by atoms with Crippen molar-refractivity contribution in [1.82, 2.24) is 20.0 Å². The molecule has 19 heavy (non-hydrogen) atoms. The molecule has 0 bridgehead atoms. The third kappa shape index (κ3) is 5.00. The number of morpholine rings is 1. The van der Waals surface area contributed by atoms with Crippen LogP contribution in [-0.4, -0.2) is 60.0 Å². The Hall–Kier alpha value is -1.40. The smallest absolute Gasteiger partial charge is 0.221 e. The van der Waals surface area contributed by atoms with Gasteiger partial charge in [-0.1, -0.05) is 0 Å². The highest BCUT2D eigenvalue weighted by Crippen LogP contribution is 1.96. The van der Waals surface area contributed by atoms with E-state index in [1.807, 2.05) is 19.2 Å². The highest BCUT2D eigenvalue weighted by atomic mass is 16.5. The highest BCUT2D eigenvalue weighted by Gasteiger charge is 2.10. The predicted molar refractivity (Wildman–Crippen MR) is 71.8 cm³/mol. The number of aryl methyl sites for hydroxylation is 2. The lowest BCUT2D eigenvalue weighted by molar-refractivity contribution is -0.121. The van der Waals surface area contributed by atoms with Crippen molar-refractivity contribution in [1.29, 1.82) is 0 Å². The van der Waals surface area contributed by atoms with Crippen LogP contribution < -0.4 is 5.32 Å². The van der Waals surface area contributed by atoms with Crippen molar-refractivity contribution < 1.29 is 9.53 Å². The Labute approximate surface area is 113 Å². The zero-order valence-corrected chi connectivity index (χ0v) is 11.5. The van der Waals surface area contributed by atoms with Gasteiger partial charge in [0.25, 0.3) is 0 Å². The SMILES string of the molecule is Cc1ccn(CCC(=O)NCCN2CCOCC2)n1. The van der Waals surface area contributed by atoms with Gasteiger partial charge in [0.2, 0.25) is 5.91 Å². The van der Waals surface area contributed by atoms with E-state index < -0.39 is 0 Å². The summed E-state index contributed by atoms with van der Waals surface area (Å²) in [6, 6.07) is 1.94. The Kier molecular flexibility index (Phi) is 5.35. The van der Waals surface area contributed by atoms with E-state index in [0.717, 1.165) is 38.5 Å². The second-order valence-electron chi connectivity index (χ2n) is 4.77. The average molecular weight is 266 g/mol. The molecule has 0 saturated carbocycles. The van der Waals surface area contributed by atoms with E-state index in [1.165, 1.54) is 0 Å². The van der Waals surface area contributed by atoms with Gasteiger partial charge in [-0.15, -0.1) is 0 Å². The Morgan fingerprint density at radius 1 is 1.42 bits per heavy atom. The first-order valence-electron chi connectivity index (χ1n) is 6.81. The summed E-state index contributed by atoms with van der Waals surface area (Å²) in [5, 5.41) is 7.20. The maximum atomic E-state index is 11.7. The lowest BCUT2D eigenvalue weighted by atomic mass is 10.3. The highest BCUT2D eigenvalue weighted by molar-refractivity contribution is 5.75. The fourth-order valence-corrected chi connectivity index (χ4v) is 2.07. The minimum Gasteiger partial charge on any atom is -0.379 e. The fourth-order valence-electron chi connectivity index (χ4n) is 2.07. The molecule has 1 aliphatic rings. The summed E-state index contributed by atoms with van der Waals surface area (Å²) in [5.41, 5.74) is 0.979. The standard InChI is InChI=1S/C13H22N4O2/c1-12-2-5-17(15-12)6-3-13(18)14-4-7-16-8-10-19-11-9-16/h2,5H,3-4,6-11H2,1H3,(H,14,18). The van der Waals surface area contributed by atoms with Crippen LogP contribution in [0.25, 0.3) is 0 Å². The molecule has 0 aliphatic carbocycles. The van der Waals surface area contributed by atoms with E-state index in [4.69, 9.17) is 4.74 Å². The number of carbonyl (C=O) groups excluding carboxylic acids is 1. The van der Waals surface area contributed by atoms with Gasteiger partial charge in [0, 0.05) is 45.3 Å². The van der Waals surface area contributed by atoms with Crippen LogP contribution in [0.2, 0.25) is 0 Å². The quantitative estimate of drug-likeness (QED) is 0.789. The van der Waals surface area contributed by atoms with Crippen molar-refractivity contribution in [3.05, 3.63) is 18.0 Å². The number of amides is 1. The van der Waals surface area contributed by atoms with E-state index >= 15 is 0 Å². The zero-order valence-electron chi connectivity index (χ0n) is 11.5. The minimum absolute atomic E-state index is 0.0846. The maximum absolute atomic E-state index is 11.7. The van der Waals surface area contributed by atoms with Gasteiger partial charge in [0.15, 0.2) is 0 Å². The van der Waals surface area contributed by atoms with Gasteiger partial charge in [0.1, 0.15) is 0 Å². The van der Waals surface area contributed by atoms with Gasteiger partial charge < -0.3 is 10.1 Å². The second kappa shape index (κ2) is 7.25. The maximum Gasteiger partial charge on any atom is 0.221 e. The van der Waals surface area contributed by atoms with Crippen molar-refractivity contribution >= 4 is 5.91 Å². The third-order valence-corrected chi connectivity index (χ3v) is 3.20. The molecule has 0 radical (unpaired) electrons. The molecule has 106 valence electrons. The summed E-state index contributed by atoms with van der Waals surface area (Å²) in [4.78, 5) is 14.0. The van der Waals surface area contributed by atoms with E-state index in [0.29, 0.717) is 19.5 Å². The third-order valence-electron chi connectivity index (χ3n) is 3.20. The second-order valence-corrected chi connectivity index (χ2v) is 4.77. The topological polar surface area (TPSA) is 59.4 Å². The lowest BCUT2D eigenvalue weighted by Crippen LogP contribution is -2.41. The summed E-state index contributed by atoms with van der Waals surface area (Å²) in [6.07, 6.45) is 2.38. The van der Waals surface area contributed by atoms with Crippen LogP contribution >= 0.6 is 0 Å². The molecule has 1 aromatic rings. The molecule has 0 atom stereocenters. The summed E-state index contributed by atoms with van der Waals surface area (Å²) in [5.74, 6) is 0.0846. The van der Waals surface area contributed by atoms with Crippen LogP contribution in [-0.2, 0) is 16.1 Å². The molecular weight excluding hydrogens is 244 g/mol. The van der Waals surface area contributed by atoms with Gasteiger partial charge >= 0.3 is 0 Å². The van der Waals surface area contributed by atoms with Crippen molar-refractivity contribution in [2.45, 2.75) is 19.9 Å². The Bertz CT molecular complexity index is 399. The number of hydrogen-bond donors (Lipinski definition) is 1.